The summed E-state index contributed by atoms with van der Waals surface area (Å²) in [5, 5.41) is 15.5. The largest absolute Gasteiger partial charge is 0.391 e. The molecular weight excluding hydrogens is 404 g/mol. The van der Waals surface area contributed by atoms with E-state index in [1.807, 2.05) is 36.7 Å². The van der Waals surface area contributed by atoms with Crippen molar-refractivity contribution in [3.05, 3.63) is 41.0 Å². The fourth-order valence-electron chi connectivity index (χ4n) is 3.97. The summed E-state index contributed by atoms with van der Waals surface area (Å²) in [6.45, 7) is 2.40. The van der Waals surface area contributed by atoms with Crippen LogP contribution in [0.3, 0.4) is 0 Å². The molecule has 3 atom stereocenters. The van der Waals surface area contributed by atoms with Gasteiger partial charge in [0.1, 0.15) is 12.1 Å². The number of hydrogen-bond donors (Lipinski definition) is 3. The van der Waals surface area contributed by atoms with E-state index in [1.165, 1.54) is 4.90 Å². The van der Waals surface area contributed by atoms with Crippen molar-refractivity contribution in [1.29, 1.82) is 0 Å². The van der Waals surface area contributed by atoms with Crippen LogP contribution in [-0.2, 0) is 20.9 Å². The third-order valence-electron chi connectivity index (χ3n) is 5.59. The Morgan fingerprint density at radius 1 is 1.33 bits per heavy atom. The lowest BCUT2D eigenvalue weighted by Gasteiger charge is -2.26. The first-order valence-corrected chi connectivity index (χ1v) is 10.9. The lowest BCUT2D eigenvalue weighted by Crippen LogP contribution is -2.51. The topological polar surface area (TPSA) is 112 Å². The number of thiazole rings is 1. The van der Waals surface area contributed by atoms with Crippen molar-refractivity contribution in [3.63, 3.8) is 0 Å². The summed E-state index contributed by atoms with van der Waals surface area (Å²) in [5.74, 6) is -0.764. The van der Waals surface area contributed by atoms with Crippen LogP contribution in [0.4, 0.5) is 0 Å². The Hall–Kier alpha value is -2.78. The molecule has 3 heterocycles. The van der Waals surface area contributed by atoms with Crippen LogP contribution < -0.4 is 10.6 Å². The van der Waals surface area contributed by atoms with Crippen LogP contribution in [0.15, 0.2) is 29.8 Å². The van der Waals surface area contributed by atoms with Gasteiger partial charge in [0.2, 0.25) is 17.7 Å². The van der Waals surface area contributed by atoms with Gasteiger partial charge in [-0.1, -0.05) is 24.3 Å². The minimum absolute atomic E-state index is 0.103. The maximum absolute atomic E-state index is 12.7. The zero-order valence-electron chi connectivity index (χ0n) is 16.6. The van der Waals surface area contributed by atoms with Crippen LogP contribution >= 0.6 is 11.3 Å². The van der Waals surface area contributed by atoms with Gasteiger partial charge < -0.3 is 20.6 Å². The minimum atomic E-state index is -0.747. The lowest BCUT2D eigenvalue weighted by molar-refractivity contribution is -0.140. The van der Waals surface area contributed by atoms with Crippen LogP contribution in [0.2, 0.25) is 0 Å². The summed E-state index contributed by atoms with van der Waals surface area (Å²) in [6, 6.07) is 6.56. The minimum Gasteiger partial charge on any atom is -0.391 e. The Labute approximate surface area is 178 Å². The van der Waals surface area contributed by atoms with Gasteiger partial charge in [0.05, 0.1) is 22.2 Å². The zero-order chi connectivity index (χ0) is 21.3. The molecule has 1 aromatic carbocycles. The molecule has 0 radical (unpaired) electrons. The van der Waals surface area contributed by atoms with E-state index in [0.29, 0.717) is 19.4 Å². The molecule has 2 aliphatic rings. The van der Waals surface area contributed by atoms with Crippen LogP contribution in [0.5, 0.6) is 0 Å². The van der Waals surface area contributed by atoms with Gasteiger partial charge in [0.15, 0.2) is 0 Å². The van der Waals surface area contributed by atoms with E-state index in [9.17, 15) is 19.5 Å². The lowest BCUT2D eigenvalue weighted by atomic mass is 10.1. The molecule has 2 fully saturated rings. The van der Waals surface area contributed by atoms with Crippen LogP contribution in [-0.4, -0.2) is 57.4 Å². The first-order valence-electron chi connectivity index (χ1n) is 9.97. The maximum Gasteiger partial charge on any atom is 0.245 e. The standard InChI is InChI=1S/C21H24N4O4S/c1-12-19(30-11-23-12)14-4-2-13(3-5-14)9-22-20(28)17-8-15(26)10-25(17)21(29)16-6-7-18(27)24-16/h2-5,11,15-17,26H,6-10H2,1H3,(H,22,28)(H,24,27). The summed E-state index contributed by atoms with van der Waals surface area (Å²) in [7, 11) is 0. The second kappa shape index (κ2) is 8.53. The van der Waals surface area contributed by atoms with Crippen molar-refractivity contribution in [3.8, 4) is 10.4 Å². The highest BCUT2D eigenvalue weighted by molar-refractivity contribution is 7.13. The summed E-state index contributed by atoms with van der Waals surface area (Å²) in [5.41, 5.74) is 4.83. The Morgan fingerprint density at radius 2 is 2.10 bits per heavy atom. The first-order chi connectivity index (χ1) is 14.4. The van der Waals surface area contributed by atoms with E-state index in [4.69, 9.17) is 0 Å². The third kappa shape index (κ3) is 4.22. The van der Waals surface area contributed by atoms with E-state index >= 15 is 0 Å². The number of aliphatic hydroxyl groups excluding tert-OH is 1. The number of β-amino-alcohol motifs (C(OH)–C–C–N with tert-alkyl or cyclic N) is 1. The van der Waals surface area contributed by atoms with Crippen LogP contribution in [0.25, 0.3) is 10.4 Å². The van der Waals surface area contributed by atoms with E-state index in [1.54, 1.807) is 11.3 Å². The van der Waals surface area contributed by atoms with Gasteiger partial charge in [-0.3, -0.25) is 14.4 Å². The Balaban J connectivity index is 1.37. The maximum atomic E-state index is 12.7. The van der Waals surface area contributed by atoms with E-state index in [2.05, 4.69) is 15.6 Å². The number of nitrogens with one attached hydrogen (secondary N) is 2. The average Bonchev–Trinajstić information content (AvgIpc) is 3.46. The molecule has 8 nitrogen and oxygen atoms in total. The molecular formula is C21H24N4O4S. The van der Waals surface area contributed by atoms with Crippen molar-refractivity contribution in [1.82, 2.24) is 20.5 Å². The molecule has 3 N–H and O–H groups in total. The molecule has 4 rings (SSSR count). The number of carbonyl (C=O) groups excluding carboxylic acids is 3. The number of aryl methyl sites for hydroxylation is 1. The van der Waals surface area contributed by atoms with Gasteiger partial charge in [-0.15, -0.1) is 11.3 Å². The molecule has 3 unspecified atom stereocenters. The Bertz CT molecular complexity index is 958. The zero-order valence-corrected chi connectivity index (χ0v) is 17.4. The number of aromatic nitrogens is 1. The summed E-state index contributed by atoms with van der Waals surface area (Å²) in [6.07, 6.45) is 0.177. The molecule has 2 aliphatic heterocycles. The van der Waals surface area contributed by atoms with Gasteiger partial charge in [-0.25, -0.2) is 4.98 Å². The number of amides is 3. The van der Waals surface area contributed by atoms with Gasteiger partial charge in [-0.2, -0.15) is 0 Å². The average molecular weight is 429 g/mol. The molecule has 2 saturated heterocycles. The monoisotopic (exact) mass is 428 g/mol. The van der Waals surface area contributed by atoms with Crippen LogP contribution in [0, 0.1) is 6.92 Å². The van der Waals surface area contributed by atoms with Crippen molar-refractivity contribution in [2.75, 3.05) is 6.54 Å². The number of nitrogens with zero attached hydrogens (tertiary/aromatic N) is 2. The van der Waals surface area contributed by atoms with E-state index < -0.39 is 18.2 Å². The fourth-order valence-corrected chi connectivity index (χ4v) is 4.78. The Kier molecular flexibility index (Phi) is 5.83. The predicted octanol–water partition coefficient (Wildman–Crippen LogP) is 0.975. The molecule has 0 saturated carbocycles. The fraction of sp³-hybridized carbons (Fsp3) is 0.429. The van der Waals surface area contributed by atoms with E-state index in [-0.39, 0.29) is 30.7 Å². The number of hydrogen-bond acceptors (Lipinski definition) is 6. The van der Waals surface area contributed by atoms with Crippen molar-refractivity contribution >= 4 is 29.1 Å². The molecule has 1 aromatic heterocycles. The van der Waals surface area contributed by atoms with Crippen molar-refractivity contribution < 1.29 is 19.5 Å². The third-order valence-corrected chi connectivity index (χ3v) is 6.56. The normalized spacial score (nSPS) is 23.5. The highest BCUT2D eigenvalue weighted by Gasteiger charge is 2.42. The quantitative estimate of drug-likeness (QED) is 0.657. The first kappa shape index (κ1) is 20.5. The molecule has 0 bridgehead atoms. The Morgan fingerprint density at radius 3 is 2.73 bits per heavy atom. The second-order valence-electron chi connectivity index (χ2n) is 7.74. The predicted molar refractivity (Wildman–Crippen MR) is 111 cm³/mol. The summed E-state index contributed by atoms with van der Waals surface area (Å²) in [4.78, 5) is 43.7. The molecule has 0 aliphatic carbocycles. The summed E-state index contributed by atoms with van der Waals surface area (Å²) < 4.78 is 0. The van der Waals surface area contributed by atoms with Gasteiger partial charge in [-0.05, 0) is 24.5 Å². The number of aliphatic hydroxyl groups is 1. The number of benzene rings is 1. The highest BCUT2D eigenvalue weighted by atomic mass is 32.1. The molecule has 0 spiro atoms. The molecule has 3 amide bonds. The molecule has 2 aromatic rings. The summed E-state index contributed by atoms with van der Waals surface area (Å²) >= 11 is 1.59. The SMILES string of the molecule is Cc1ncsc1-c1ccc(CNC(=O)C2CC(O)CN2C(=O)C2CCC(=O)N2)cc1. The second-order valence-corrected chi connectivity index (χ2v) is 8.59. The smallest absolute Gasteiger partial charge is 0.245 e. The molecule has 30 heavy (non-hydrogen) atoms. The van der Waals surface area contributed by atoms with Crippen LogP contribution in [0.1, 0.15) is 30.5 Å². The molecule has 9 heteroatoms. The van der Waals surface area contributed by atoms with Gasteiger partial charge >= 0.3 is 0 Å². The van der Waals surface area contributed by atoms with Gasteiger partial charge in [0.25, 0.3) is 0 Å². The van der Waals surface area contributed by atoms with Crippen molar-refractivity contribution in [2.45, 2.75) is 50.9 Å². The van der Waals surface area contributed by atoms with Crippen molar-refractivity contribution in [2.24, 2.45) is 0 Å². The number of likely N-dealkylation sites (tertiary alicyclic amines) is 1. The number of rotatable bonds is 5. The van der Waals surface area contributed by atoms with Gasteiger partial charge in [0, 0.05) is 25.9 Å². The highest BCUT2D eigenvalue weighted by Crippen LogP contribution is 2.27. The molecule has 158 valence electrons. The number of carbonyl (C=O) groups is 3. The van der Waals surface area contributed by atoms with E-state index in [0.717, 1.165) is 21.7 Å².